The van der Waals surface area contributed by atoms with Crippen LogP contribution in [0.15, 0.2) is 41.6 Å². The zero-order valence-electron chi connectivity index (χ0n) is 14.0. The maximum absolute atomic E-state index is 11.0. The average molecular weight is 327 g/mol. The summed E-state index contributed by atoms with van der Waals surface area (Å²) in [5.74, 6) is 1.32. The fraction of sp³-hybridized carbons (Fsp3) is 0.421. The van der Waals surface area contributed by atoms with Gasteiger partial charge in [-0.15, -0.1) is 0 Å². The number of hydrogen-bond acceptors (Lipinski definition) is 4. The molecule has 0 fully saturated rings. The van der Waals surface area contributed by atoms with Crippen molar-refractivity contribution < 1.29 is 19.2 Å². The lowest BCUT2D eigenvalue weighted by atomic mass is 10.2. The highest BCUT2D eigenvalue weighted by Gasteiger charge is 2.32. The number of aldehydes is 1. The molecule has 1 aromatic rings. The first-order valence-corrected chi connectivity index (χ1v) is 8.46. The minimum atomic E-state index is -0.325. The van der Waals surface area contributed by atoms with Crippen molar-refractivity contribution in [3.05, 3.63) is 47.2 Å². The summed E-state index contributed by atoms with van der Waals surface area (Å²) < 4.78 is 7.82. The van der Waals surface area contributed by atoms with Crippen molar-refractivity contribution in [2.75, 3.05) is 19.6 Å². The molecule has 5 heteroatoms. The molecule has 126 valence electrons. The SMILES string of the molecule is CC(=C=C(O)Oc1ccccc1C=O)N1CC[N+]2=C1CCCCC2. The van der Waals surface area contributed by atoms with Crippen molar-refractivity contribution in [3.8, 4) is 5.75 Å². The Balaban J connectivity index is 1.82. The number of carbonyl (C=O) groups excluding carboxylic acids is 1. The van der Waals surface area contributed by atoms with Crippen molar-refractivity contribution in [2.24, 2.45) is 0 Å². The Bertz CT molecular complexity index is 730. The van der Waals surface area contributed by atoms with E-state index in [9.17, 15) is 9.90 Å². The van der Waals surface area contributed by atoms with Crippen LogP contribution in [0.3, 0.4) is 0 Å². The van der Waals surface area contributed by atoms with E-state index in [0.29, 0.717) is 17.6 Å². The van der Waals surface area contributed by atoms with Crippen molar-refractivity contribution in [3.63, 3.8) is 0 Å². The van der Waals surface area contributed by atoms with Gasteiger partial charge in [0.05, 0.1) is 12.1 Å². The molecule has 1 aromatic carbocycles. The maximum Gasteiger partial charge on any atom is 0.334 e. The Morgan fingerprint density at radius 1 is 1.29 bits per heavy atom. The normalized spacial score (nSPS) is 17.0. The first-order chi connectivity index (χ1) is 11.7. The standard InChI is InChI=1S/C19H22N2O3/c1-15(21-12-11-20-10-6-2-3-9-18(20)21)13-19(23)24-17-8-5-4-7-16(17)14-22/h4-5,7-8,14H,2-3,6,9-12H2,1H3/p+1. The van der Waals surface area contributed by atoms with Crippen LogP contribution >= 0.6 is 0 Å². The van der Waals surface area contributed by atoms with Crippen LogP contribution in [-0.2, 0) is 0 Å². The van der Waals surface area contributed by atoms with E-state index < -0.39 is 0 Å². The lowest BCUT2D eigenvalue weighted by Gasteiger charge is -2.11. The highest BCUT2D eigenvalue weighted by atomic mass is 16.6. The number of carbonyl (C=O) groups is 1. The molecule has 24 heavy (non-hydrogen) atoms. The summed E-state index contributed by atoms with van der Waals surface area (Å²) in [5.41, 5.74) is 4.13. The molecule has 0 amide bonds. The highest BCUT2D eigenvalue weighted by molar-refractivity contribution is 5.80. The number of ether oxygens (including phenoxy) is 1. The third-order valence-electron chi connectivity index (χ3n) is 4.54. The summed E-state index contributed by atoms with van der Waals surface area (Å²) in [4.78, 5) is 13.2. The third kappa shape index (κ3) is 3.52. The lowest BCUT2D eigenvalue weighted by Crippen LogP contribution is -2.27. The number of nitrogens with zero attached hydrogens (tertiary/aromatic N) is 2. The first-order valence-electron chi connectivity index (χ1n) is 8.46. The van der Waals surface area contributed by atoms with Gasteiger partial charge in [0.1, 0.15) is 18.8 Å². The van der Waals surface area contributed by atoms with Gasteiger partial charge in [0, 0.05) is 19.1 Å². The van der Waals surface area contributed by atoms with Crippen molar-refractivity contribution >= 4 is 12.1 Å². The van der Waals surface area contributed by atoms with Crippen molar-refractivity contribution in [1.29, 1.82) is 0 Å². The molecule has 0 saturated carbocycles. The first kappa shape index (κ1) is 16.3. The van der Waals surface area contributed by atoms with Gasteiger partial charge >= 0.3 is 5.95 Å². The second kappa shape index (κ2) is 7.37. The lowest BCUT2D eigenvalue weighted by molar-refractivity contribution is -0.518. The molecule has 0 aliphatic carbocycles. The minimum Gasteiger partial charge on any atom is -0.474 e. The van der Waals surface area contributed by atoms with E-state index in [1.165, 1.54) is 25.1 Å². The van der Waals surface area contributed by atoms with E-state index in [1.54, 1.807) is 24.3 Å². The van der Waals surface area contributed by atoms with E-state index in [0.717, 1.165) is 31.8 Å². The molecule has 0 radical (unpaired) electrons. The van der Waals surface area contributed by atoms with Gasteiger partial charge in [-0.2, -0.15) is 0 Å². The largest absolute Gasteiger partial charge is 0.474 e. The molecule has 0 aromatic heterocycles. The van der Waals surface area contributed by atoms with E-state index in [2.05, 4.69) is 15.2 Å². The smallest absolute Gasteiger partial charge is 0.334 e. The van der Waals surface area contributed by atoms with Crippen LogP contribution < -0.4 is 4.74 Å². The van der Waals surface area contributed by atoms with Gasteiger partial charge in [-0.1, -0.05) is 12.1 Å². The Morgan fingerprint density at radius 2 is 2.12 bits per heavy atom. The predicted molar refractivity (Wildman–Crippen MR) is 91.5 cm³/mol. The molecule has 5 nitrogen and oxygen atoms in total. The number of rotatable bonds is 4. The highest BCUT2D eigenvalue weighted by Crippen LogP contribution is 2.20. The zero-order chi connectivity index (χ0) is 16.9. The van der Waals surface area contributed by atoms with Crippen LogP contribution in [0.1, 0.15) is 43.0 Å². The number of aliphatic hydroxyl groups excluding tert-OH is 1. The van der Waals surface area contributed by atoms with Gasteiger partial charge in [-0.05, 0) is 31.4 Å². The van der Waals surface area contributed by atoms with Crippen LogP contribution in [0, 0.1) is 0 Å². The Morgan fingerprint density at radius 3 is 2.96 bits per heavy atom. The Kier molecular flexibility index (Phi) is 5.02. The summed E-state index contributed by atoms with van der Waals surface area (Å²) in [6, 6.07) is 6.80. The summed E-state index contributed by atoms with van der Waals surface area (Å²) in [6.45, 7) is 4.96. The van der Waals surface area contributed by atoms with Crippen LogP contribution in [0.4, 0.5) is 0 Å². The van der Waals surface area contributed by atoms with Gasteiger partial charge in [-0.25, -0.2) is 4.90 Å². The number of benzene rings is 1. The molecule has 3 rings (SSSR count). The zero-order valence-corrected chi connectivity index (χ0v) is 14.0. The molecule has 0 bridgehead atoms. The van der Waals surface area contributed by atoms with Crippen molar-refractivity contribution in [2.45, 2.75) is 32.6 Å². The fourth-order valence-corrected chi connectivity index (χ4v) is 3.33. The van der Waals surface area contributed by atoms with Crippen LogP contribution in [0.2, 0.25) is 0 Å². The monoisotopic (exact) mass is 327 g/mol. The summed E-state index contributed by atoms with van der Waals surface area (Å²) in [5, 5.41) is 10.1. The van der Waals surface area contributed by atoms with Crippen LogP contribution in [0.25, 0.3) is 0 Å². The van der Waals surface area contributed by atoms with Crippen molar-refractivity contribution in [1.82, 2.24) is 4.90 Å². The molecule has 2 aliphatic rings. The second-order valence-corrected chi connectivity index (χ2v) is 6.14. The molecule has 0 spiro atoms. The molecular formula is C19H23N2O3+. The van der Waals surface area contributed by atoms with Crippen LogP contribution in [-0.4, -0.2) is 46.3 Å². The molecule has 2 aliphatic heterocycles. The van der Waals surface area contributed by atoms with Gasteiger partial charge < -0.3 is 9.84 Å². The van der Waals surface area contributed by atoms with Gasteiger partial charge in [0.2, 0.25) is 0 Å². The fourth-order valence-electron chi connectivity index (χ4n) is 3.33. The molecule has 0 saturated heterocycles. The Hall–Kier alpha value is -2.52. The molecule has 2 heterocycles. The van der Waals surface area contributed by atoms with Crippen LogP contribution in [0.5, 0.6) is 5.75 Å². The minimum absolute atomic E-state index is 0.325. The molecular weight excluding hydrogens is 304 g/mol. The van der Waals surface area contributed by atoms with E-state index >= 15 is 0 Å². The number of allylic oxidation sites excluding steroid dienone is 1. The third-order valence-corrected chi connectivity index (χ3v) is 4.54. The predicted octanol–water partition coefficient (Wildman–Crippen LogP) is 3.08. The Labute approximate surface area is 142 Å². The number of amidine groups is 1. The van der Waals surface area contributed by atoms with Gasteiger partial charge in [0.15, 0.2) is 12.0 Å². The summed E-state index contributed by atoms with van der Waals surface area (Å²) >= 11 is 0. The number of aliphatic hydroxyl groups is 1. The van der Waals surface area contributed by atoms with Gasteiger partial charge in [0.25, 0.3) is 5.84 Å². The second-order valence-electron chi connectivity index (χ2n) is 6.14. The average Bonchev–Trinajstić information content (AvgIpc) is 2.84. The summed E-state index contributed by atoms with van der Waals surface area (Å²) in [7, 11) is 0. The topological polar surface area (TPSA) is 52.8 Å². The quantitative estimate of drug-likeness (QED) is 0.400. The molecule has 1 N–H and O–H groups in total. The van der Waals surface area contributed by atoms with E-state index in [-0.39, 0.29) is 5.95 Å². The summed E-state index contributed by atoms with van der Waals surface area (Å²) in [6.07, 6.45) is 5.48. The maximum atomic E-state index is 11.0. The molecule has 0 unspecified atom stereocenters. The van der Waals surface area contributed by atoms with E-state index in [4.69, 9.17) is 4.74 Å². The van der Waals surface area contributed by atoms with Gasteiger partial charge in [-0.3, -0.25) is 9.37 Å². The molecule has 0 atom stereocenters. The number of para-hydroxylation sites is 1. The number of hydrogen-bond donors (Lipinski definition) is 1. The van der Waals surface area contributed by atoms with E-state index in [1.807, 2.05) is 6.92 Å².